The number of furan rings is 1. The normalized spacial score (nSPS) is 12.2. The fourth-order valence-electron chi connectivity index (χ4n) is 11.1. The zero-order chi connectivity index (χ0) is 43.7. The Hall–Kier alpha value is -9.13. The zero-order valence-electron chi connectivity index (χ0n) is 35.9. The molecule has 15 rings (SSSR count). The number of benzene rings is 11. The average Bonchev–Trinajstić information content (AvgIpc) is 4.06. The molecule has 0 saturated carbocycles. The van der Waals surface area contributed by atoms with E-state index >= 15 is 0 Å². The highest BCUT2D eigenvalue weighted by Gasteiger charge is 2.27. The fourth-order valence-corrected chi connectivity index (χ4v) is 11.1. The molecule has 4 aromatic heterocycles. The topological polar surface area (TPSA) is 61.7 Å². The maximum atomic E-state index is 6.63. The second kappa shape index (κ2) is 13.7. The zero-order valence-corrected chi connectivity index (χ0v) is 35.9. The highest BCUT2D eigenvalue weighted by molar-refractivity contribution is 6.39. The minimum absolute atomic E-state index is 0.531. The van der Waals surface area contributed by atoms with E-state index in [-0.39, 0.29) is 0 Å². The van der Waals surface area contributed by atoms with Gasteiger partial charge in [-0.3, -0.25) is 4.57 Å². The summed E-state index contributed by atoms with van der Waals surface area (Å²) in [6.07, 6.45) is 0. The SMILES string of the molecule is c1ccc(-c2nc(-c3cccc4c3oc3ccccc34)nc(-n3c4cc(-c5cccc6c7ccccc7n(-c7ccccc7)c56)cc5c6ccccc6c6c7ccccc7cc3c6c54)n2)cc1. The third kappa shape index (κ3) is 5.12. The summed E-state index contributed by atoms with van der Waals surface area (Å²) in [5.74, 6) is 1.65. The molecule has 15 aromatic rings. The third-order valence-corrected chi connectivity index (χ3v) is 13.9. The van der Waals surface area contributed by atoms with Crippen LogP contribution in [0.5, 0.6) is 0 Å². The van der Waals surface area contributed by atoms with Crippen LogP contribution in [0.3, 0.4) is 0 Å². The van der Waals surface area contributed by atoms with Gasteiger partial charge in [-0.15, -0.1) is 0 Å². The van der Waals surface area contributed by atoms with Crippen LogP contribution in [-0.4, -0.2) is 24.1 Å². The van der Waals surface area contributed by atoms with Crippen molar-refractivity contribution in [3.05, 3.63) is 212 Å². The van der Waals surface area contributed by atoms with Crippen LogP contribution in [0.1, 0.15) is 0 Å². The van der Waals surface area contributed by atoms with E-state index in [0.717, 1.165) is 71.8 Å². The van der Waals surface area contributed by atoms with Crippen LogP contribution >= 0.6 is 0 Å². The molecule has 0 aliphatic rings. The Morgan fingerprint density at radius 3 is 1.84 bits per heavy atom. The Kier molecular flexibility index (Phi) is 7.40. The monoisotopic (exact) mass is 853 g/mol. The number of hydrogen-bond donors (Lipinski definition) is 0. The van der Waals surface area contributed by atoms with Crippen LogP contribution in [0.4, 0.5) is 0 Å². The Bertz CT molecular complexity index is 4510. The average molecular weight is 854 g/mol. The molecule has 67 heavy (non-hydrogen) atoms. The van der Waals surface area contributed by atoms with Crippen molar-refractivity contribution in [3.8, 4) is 45.5 Å². The number of nitrogens with zero attached hydrogens (tertiary/aromatic N) is 5. The number of hydrogen-bond acceptors (Lipinski definition) is 4. The molecule has 0 N–H and O–H groups in total. The van der Waals surface area contributed by atoms with Crippen LogP contribution in [0, 0.1) is 0 Å². The van der Waals surface area contributed by atoms with E-state index < -0.39 is 0 Å². The van der Waals surface area contributed by atoms with E-state index in [4.69, 9.17) is 19.4 Å². The molecule has 310 valence electrons. The van der Waals surface area contributed by atoms with E-state index in [0.29, 0.717) is 17.6 Å². The number of para-hydroxylation sites is 5. The first-order valence-corrected chi connectivity index (χ1v) is 22.7. The summed E-state index contributed by atoms with van der Waals surface area (Å²) < 4.78 is 11.4. The molecule has 0 unspecified atom stereocenters. The van der Waals surface area contributed by atoms with E-state index in [9.17, 15) is 0 Å². The van der Waals surface area contributed by atoms with Crippen molar-refractivity contribution in [2.45, 2.75) is 0 Å². The molecule has 6 heteroatoms. The second-order valence-electron chi connectivity index (χ2n) is 17.5. The molecule has 0 bridgehead atoms. The van der Waals surface area contributed by atoms with Gasteiger partial charge in [0, 0.05) is 54.5 Å². The predicted molar refractivity (Wildman–Crippen MR) is 276 cm³/mol. The van der Waals surface area contributed by atoms with Gasteiger partial charge in [0.05, 0.1) is 27.6 Å². The minimum Gasteiger partial charge on any atom is -0.455 e. The number of rotatable bonds is 5. The molecular formula is C61H35N5O. The lowest BCUT2D eigenvalue weighted by Gasteiger charge is -2.15. The maximum Gasteiger partial charge on any atom is 0.238 e. The van der Waals surface area contributed by atoms with Crippen molar-refractivity contribution in [1.29, 1.82) is 0 Å². The lowest BCUT2D eigenvalue weighted by Crippen LogP contribution is -2.06. The first kappa shape index (κ1) is 36.2. The summed E-state index contributed by atoms with van der Waals surface area (Å²) in [6, 6.07) is 75.6. The molecule has 0 spiro atoms. The molecular weight excluding hydrogens is 819 g/mol. The van der Waals surface area contributed by atoms with Crippen LogP contribution in [0.15, 0.2) is 217 Å². The van der Waals surface area contributed by atoms with Crippen LogP contribution in [-0.2, 0) is 0 Å². The van der Waals surface area contributed by atoms with Gasteiger partial charge < -0.3 is 8.98 Å². The fraction of sp³-hybridized carbons (Fsp3) is 0. The quantitative estimate of drug-likeness (QED) is 0.162. The van der Waals surface area contributed by atoms with Crippen LogP contribution in [0.2, 0.25) is 0 Å². The van der Waals surface area contributed by atoms with Gasteiger partial charge in [-0.1, -0.05) is 164 Å². The first-order chi connectivity index (χ1) is 33.2. The molecule has 0 radical (unpaired) electrons. The van der Waals surface area contributed by atoms with Gasteiger partial charge in [0.15, 0.2) is 11.6 Å². The van der Waals surface area contributed by atoms with Crippen LogP contribution in [0.25, 0.3) is 143 Å². The van der Waals surface area contributed by atoms with E-state index in [1.54, 1.807) is 0 Å². The van der Waals surface area contributed by atoms with E-state index in [2.05, 4.69) is 185 Å². The maximum absolute atomic E-state index is 6.63. The van der Waals surface area contributed by atoms with Crippen molar-refractivity contribution in [2.75, 3.05) is 0 Å². The molecule has 0 aliphatic heterocycles. The van der Waals surface area contributed by atoms with Gasteiger partial charge in [0.2, 0.25) is 5.95 Å². The summed E-state index contributed by atoms with van der Waals surface area (Å²) in [7, 11) is 0. The molecule has 0 saturated heterocycles. The highest BCUT2D eigenvalue weighted by Crippen LogP contribution is 2.49. The molecule has 0 aliphatic carbocycles. The highest BCUT2D eigenvalue weighted by atomic mass is 16.3. The van der Waals surface area contributed by atoms with Gasteiger partial charge in [0.25, 0.3) is 0 Å². The molecule has 0 fully saturated rings. The molecule has 11 aromatic carbocycles. The van der Waals surface area contributed by atoms with Crippen LogP contribution < -0.4 is 0 Å². The lowest BCUT2D eigenvalue weighted by molar-refractivity contribution is 0.669. The first-order valence-electron chi connectivity index (χ1n) is 22.7. The molecule has 0 atom stereocenters. The number of fused-ring (bicyclic) bond motifs is 11. The smallest absolute Gasteiger partial charge is 0.238 e. The Labute approximate surface area is 382 Å². The van der Waals surface area contributed by atoms with E-state index in [1.807, 2.05) is 36.4 Å². The van der Waals surface area contributed by atoms with Gasteiger partial charge in [0.1, 0.15) is 11.2 Å². The Balaban J connectivity index is 1.12. The van der Waals surface area contributed by atoms with Gasteiger partial charge in [-0.05, 0) is 81.0 Å². The third-order valence-electron chi connectivity index (χ3n) is 13.9. The molecule has 4 heterocycles. The van der Waals surface area contributed by atoms with Crippen molar-refractivity contribution >= 4 is 97.9 Å². The second-order valence-corrected chi connectivity index (χ2v) is 17.5. The Morgan fingerprint density at radius 1 is 0.343 bits per heavy atom. The largest absolute Gasteiger partial charge is 0.455 e. The molecule has 0 amide bonds. The number of aromatic nitrogens is 5. The summed E-state index contributed by atoms with van der Waals surface area (Å²) in [4.78, 5) is 16.2. The minimum atomic E-state index is 0.531. The summed E-state index contributed by atoms with van der Waals surface area (Å²) in [5.41, 5.74) is 11.0. The summed E-state index contributed by atoms with van der Waals surface area (Å²) >= 11 is 0. The lowest BCUT2D eigenvalue weighted by atomic mass is 9.89. The van der Waals surface area contributed by atoms with Gasteiger partial charge >= 0.3 is 0 Å². The van der Waals surface area contributed by atoms with Gasteiger partial charge in [-0.25, -0.2) is 4.98 Å². The van der Waals surface area contributed by atoms with E-state index in [1.165, 1.54) is 54.0 Å². The summed E-state index contributed by atoms with van der Waals surface area (Å²) in [5, 5.41) is 14.0. The predicted octanol–water partition coefficient (Wildman–Crippen LogP) is 15.9. The Morgan fingerprint density at radius 2 is 0.985 bits per heavy atom. The van der Waals surface area contributed by atoms with Gasteiger partial charge in [-0.2, -0.15) is 9.97 Å². The van der Waals surface area contributed by atoms with Crippen molar-refractivity contribution in [2.24, 2.45) is 0 Å². The standard InChI is InChI=1S/C61H35N5O/c1-3-17-36(18-4-1)59-62-60(48-30-16-29-47-44-25-12-14-32-53(44)67-58(47)48)64-61(63-59)66-51-35-38(41-27-15-28-46-43-24-11-13-31-50(43)65(57(41)46)39-20-5-2-6-21-39)33-49-42-23-9-10-26-45(42)54-40-22-8-7-19-37(40)34-52(66)56(54)55(49)51/h1-35H. The van der Waals surface area contributed by atoms with Crippen molar-refractivity contribution < 1.29 is 4.42 Å². The van der Waals surface area contributed by atoms with Crippen molar-refractivity contribution in [1.82, 2.24) is 24.1 Å². The van der Waals surface area contributed by atoms with Crippen molar-refractivity contribution in [3.63, 3.8) is 0 Å². The molecule has 6 nitrogen and oxygen atoms in total. The summed E-state index contributed by atoms with van der Waals surface area (Å²) in [6.45, 7) is 0.